The first-order chi connectivity index (χ1) is 20.1. The first kappa shape index (κ1) is 29.4. The molecule has 5 rings (SSSR count). The van der Waals surface area contributed by atoms with Crippen LogP contribution in [0.4, 0.5) is 10.1 Å². The number of halogens is 3. The van der Waals surface area contributed by atoms with Crippen molar-refractivity contribution in [3.8, 4) is 22.9 Å². The van der Waals surface area contributed by atoms with Gasteiger partial charge in [0.15, 0.2) is 0 Å². The third-order valence-corrected chi connectivity index (χ3v) is 8.31. The zero-order chi connectivity index (χ0) is 30.3. The quantitative estimate of drug-likeness (QED) is 0.224. The maximum atomic E-state index is 15.1. The van der Waals surface area contributed by atoms with Crippen molar-refractivity contribution in [2.45, 2.75) is 32.7 Å². The molecular formula is C33H29Cl2FN4O2. The van der Waals surface area contributed by atoms with E-state index < -0.39 is 11.4 Å². The first-order valence-electron chi connectivity index (χ1n) is 13.6. The van der Waals surface area contributed by atoms with E-state index in [-0.39, 0.29) is 34.0 Å². The molecule has 1 amide bonds. The number of nitrogens with zero attached hydrogens (tertiary/aromatic N) is 4. The van der Waals surface area contributed by atoms with Gasteiger partial charge in [-0.05, 0) is 60.9 Å². The van der Waals surface area contributed by atoms with Crippen LogP contribution in [0.2, 0.25) is 10.0 Å². The molecule has 0 radical (unpaired) electrons. The lowest BCUT2D eigenvalue weighted by atomic mass is 9.97. The number of carbonyl (C=O) groups excluding carboxylic acids is 1. The van der Waals surface area contributed by atoms with Gasteiger partial charge >= 0.3 is 0 Å². The topological polar surface area (TPSA) is 69.3 Å². The Kier molecular flexibility index (Phi) is 8.14. The van der Waals surface area contributed by atoms with Gasteiger partial charge in [-0.2, -0.15) is 5.26 Å². The molecule has 0 N–H and O–H groups in total. The van der Waals surface area contributed by atoms with Crippen LogP contribution in [0.5, 0.6) is 0 Å². The number of rotatable bonds is 5. The smallest absolute Gasteiger partial charge is 0.275 e. The van der Waals surface area contributed by atoms with Crippen molar-refractivity contribution < 1.29 is 9.18 Å². The average molecular weight is 604 g/mol. The van der Waals surface area contributed by atoms with E-state index in [0.29, 0.717) is 52.5 Å². The average Bonchev–Trinajstić information content (AvgIpc) is 2.97. The van der Waals surface area contributed by atoms with Gasteiger partial charge in [-0.25, -0.2) is 4.39 Å². The summed E-state index contributed by atoms with van der Waals surface area (Å²) in [6, 6.07) is 17.1. The van der Waals surface area contributed by atoms with Crippen LogP contribution in [0, 0.1) is 17.1 Å². The molecule has 0 saturated carbocycles. The second-order valence-electron chi connectivity index (χ2n) is 10.7. The minimum absolute atomic E-state index is 0.0332. The maximum absolute atomic E-state index is 15.1. The Labute approximate surface area is 253 Å². The van der Waals surface area contributed by atoms with Gasteiger partial charge in [-0.1, -0.05) is 61.8 Å². The lowest BCUT2D eigenvalue weighted by Crippen LogP contribution is -2.54. The third-order valence-electron chi connectivity index (χ3n) is 7.77. The summed E-state index contributed by atoms with van der Waals surface area (Å²) < 4.78 is 16.6. The Balaban J connectivity index is 1.88. The molecule has 0 spiro atoms. The molecule has 0 unspecified atom stereocenters. The number of nitriles is 1. The second kappa shape index (κ2) is 11.6. The first-order valence-corrected chi connectivity index (χ1v) is 14.4. The van der Waals surface area contributed by atoms with Crippen molar-refractivity contribution in [2.75, 3.05) is 24.5 Å². The Morgan fingerprint density at radius 3 is 2.52 bits per heavy atom. The molecule has 1 aliphatic heterocycles. The number of hydrogen-bond donors (Lipinski definition) is 0. The van der Waals surface area contributed by atoms with E-state index in [1.54, 1.807) is 17.0 Å². The highest BCUT2D eigenvalue weighted by Gasteiger charge is 2.31. The highest BCUT2D eigenvalue weighted by Crippen LogP contribution is 2.40. The van der Waals surface area contributed by atoms with E-state index in [2.05, 4.69) is 12.6 Å². The third kappa shape index (κ3) is 5.06. The van der Waals surface area contributed by atoms with Crippen molar-refractivity contribution in [3.63, 3.8) is 0 Å². The van der Waals surface area contributed by atoms with Crippen molar-refractivity contribution in [3.05, 3.63) is 105 Å². The number of aromatic nitrogens is 1. The summed E-state index contributed by atoms with van der Waals surface area (Å²) in [6.07, 6.45) is 1.28. The van der Waals surface area contributed by atoms with Crippen LogP contribution in [0.15, 0.2) is 72.0 Å². The Bertz CT molecular complexity index is 1840. The molecule has 6 nitrogen and oxygen atoms in total. The molecule has 3 aromatic carbocycles. The fraction of sp³-hybridized carbons (Fsp3) is 0.242. The van der Waals surface area contributed by atoms with Gasteiger partial charge < -0.3 is 9.80 Å². The number of carbonyl (C=O) groups is 1. The van der Waals surface area contributed by atoms with Crippen LogP contribution in [0.1, 0.15) is 37.8 Å². The zero-order valence-electron chi connectivity index (χ0n) is 23.5. The minimum Gasteiger partial charge on any atom is -0.363 e. The molecule has 0 aliphatic carbocycles. The fourth-order valence-electron chi connectivity index (χ4n) is 5.74. The lowest BCUT2D eigenvalue weighted by molar-refractivity contribution is -0.126. The molecule has 1 aliphatic rings. The number of pyridine rings is 1. The number of anilines is 1. The largest absolute Gasteiger partial charge is 0.363 e. The van der Waals surface area contributed by atoms with Gasteiger partial charge in [0.2, 0.25) is 5.91 Å². The highest BCUT2D eigenvalue weighted by atomic mass is 35.5. The van der Waals surface area contributed by atoms with Gasteiger partial charge in [0, 0.05) is 52.2 Å². The van der Waals surface area contributed by atoms with E-state index in [0.717, 1.165) is 5.56 Å². The molecule has 2 heterocycles. The maximum Gasteiger partial charge on any atom is 0.275 e. The van der Waals surface area contributed by atoms with Crippen LogP contribution in [-0.4, -0.2) is 41.1 Å². The summed E-state index contributed by atoms with van der Waals surface area (Å²) in [7, 11) is 0. The van der Waals surface area contributed by atoms with Crippen LogP contribution in [0.25, 0.3) is 27.7 Å². The van der Waals surface area contributed by atoms with E-state index in [9.17, 15) is 14.9 Å². The van der Waals surface area contributed by atoms with E-state index in [1.165, 1.54) is 28.8 Å². The molecule has 1 fully saturated rings. The molecule has 42 heavy (non-hydrogen) atoms. The summed E-state index contributed by atoms with van der Waals surface area (Å²) in [5, 5.41) is 11.6. The molecule has 9 heteroatoms. The fourth-order valence-corrected chi connectivity index (χ4v) is 6.18. The number of para-hydroxylation sites is 1. The normalized spacial score (nSPS) is 15.2. The van der Waals surface area contributed by atoms with Crippen molar-refractivity contribution in [1.29, 1.82) is 5.26 Å². The highest BCUT2D eigenvalue weighted by molar-refractivity contribution is 6.35. The summed E-state index contributed by atoms with van der Waals surface area (Å²) in [5.41, 5.74) is 2.48. The summed E-state index contributed by atoms with van der Waals surface area (Å²) in [4.78, 5) is 30.3. The molecule has 1 aromatic heterocycles. The Morgan fingerprint density at radius 1 is 1.12 bits per heavy atom. The molecule has 1 atom stereocenters. The Hall–Kier alpha value is -4.12. The molecule has 4 aromatic rings. The van der Waals surface area contributed by atoms with Gasteiger partial charge in [0.05, 0.1) is 16.9 Å². The standard InChI is InChI=1S/C33H29Cl2FN4O2/c1-5-31(41)38-12-13-39(20(4)18-38)32-25-15-27(35)23(24-14-21(34)10-11-28(24)36)16-30(25)40(33(42)26(32)17-37)29-9-7-6-8-22(29)19(2)3/h5-11,14-16,19-20H,1,12-13,18H2,2-4H3/t20-/m0/s1. The van der Waals surface area contributed by atoms with Crippen LogP contribution in [0.3, 0.4) is 0 Å². The Morgan fingerprint density at radius 2 is 1.86 bits per heavy atom. The van der Waals surface area contributed by atoms with Crippen molar-refractivity contribution >= 4 is 45.7 Å². The number of fused-ring (bicyclic) bond motifs is 1. The van der Waals surface area contributed by atoms with Crippen LogP contribution < -0.4 is 10.5 Å². The van der Waals surface area contributed by atoms with Crippen LogP contribution in [-0.2, 0) is 4.79 Å². The lowest BCUT2D eigenvalue weighted by Gasteiger charge is -2.41. The zero-order valence-corrected chi connectivity index (χ0v) is 25.0. The monoisotopic (exact) mass is 602 g/mol. The predicted molar refractivity (Wildman–Crippen MR) is 167 cm³/mol. The van der Waals surface area contributed by atoms with Crippen LogP contribution >= 0.6 is 23.2 Å². The van der Waals surface area contributed by atoms with E-state index in [1.807, 2.05) is 49.9 Å². The van der Waals surface area contributed by atoms with Crippen molar-refractivity contribution in [2.24, 2.45) is 0 Å². The second-order valence-corrected chi connectivity index (χ2v) is 11.5. The predicted octanol–water partition coefficient (Wildman–Crippen LogP) is 7.32. The number of benzene rings is 3. The number of amides is 1. The molecular weight excluding hydrogens is 574 g/mol. The van der Waals surface area contributed by atoms with E-state index in [4.69, 9.17) is 23.2 Å². The van der Waals surface area contributed by atoms with E-state index >= 15 is 4.39 Å². The van der Waals surface area contributed by atoms with Gasteiger partial charge in [0.25, 0.3) is 5.56 Å². The molecule has 214 valence electrons. The number of hydrogen-bond acceptors (Lipinski definition) is 4. The molecule has 0 bridgehead atoms. The summed E-state index contributed by atoms with van der Waals surface area (Å²) in [5.74, 6) is -0.618. The van der Waals surface area contributed by atoms with Gasteiger partial charge in [-0.15, -0.1) is 0 Å². The van der Waals surface area contributed by atoms with Crippen molar-refractivity contribution in [1.82, 2.24) is 9.47 Å². The molecule has 1 saturated heterocycles. The van der Waals surface area contributed by atoms with Gasteiger partial charge in [0.1, 0.15) is 17.4 Å². The van der Waals surface area contributed by atoms with Gasteiger partial charge in [-0.3, -0.25) is 14.2 Å². The number of piperazine rings is 1. The summed E-state index contributed by atoms with van der Waals surface area (Å²) >= 11 is 13.1. The minimum atomic E-state index is -0.511. The SMILES string of the molecule is C=CC(=O)N1CCN(c2c(C#N)c(=O)n(-c3ccccc3C(C)C)c3cc(-c4cc(Cl)ccc4F)c(Cl)cc23)[C@@H](C)C1. The summed E-state index contributed by atoms with van der Waals surface area (Å²) in [6.45, 7) is 10.7.